The Morgan fingerprint density at radius 2 is 2.06 bits per heavy atom. The summed E-state index contributed by atoms with van der Waals surface area (Å²) in [5.41, 5.74) is 5.57. The van der Waals surface area contributed by atoms with Gasteiger partial charge in [0.2, 0.25) is 0 Å². The van der Waals surface area contributed by atoms with Crippen LogP contribution in [0.25, 0.3) is 11.8 Å². The van der Waals surface area contributed by atoms with Crippen LogP contribution in [0.4, 0.5) is 0 Å². The van der Waals surface area contributed by atoms with Crippen molar-refractivity contribution in [3.8, 4) is 11.5 Å². The topological polar surface area (TPSA) is 52.8 Å². The van der Waals surface area contributed by atoms with Crippen LogP contribution in [0.1, 0.15) is 41.0 Å². The maximum Gasteiger partial charge on any atom is 0.271 e. The van der Waals surface area contributed by atoms with Gasteiger partial charge in [-0.3, -0.25) is 9.36 Å². The molecule has 5 nitrogen and oxygen atoms in total. The summed E-state index contributed by atoms with van der Waals surface area (Å²) in [5.74, 6) is 1.27. The second-order valence-corrected chi connectivity index (χ2v) is 11.4. The van der Waals surface area contributed by atoms with E-state index in [4.69, 9.17) is 14.5 Å². The first-order valence-electron chi connectivity index (χ1n) is 11.8. The van der Waals surface area contributed by atoms with Crippen LogP contribution in [0.2, 0.25) is 0 Å². The number of hydrogen-bond acceptors (Lipinski definition) is 6. The molecular weight excluding hydrogens is 556 g/mol. The summed E-state index contributed by atoms with van der Waals surface area (Å²) in [7, 11) is 1.62. The zero-order valence-corrected chi connectivity index (χ0v) is 23.0. The minimum Gasteiger partial charge on any atom is -0.493 e. The van der Waals surface area contributed by atoms with E-state index in [2.05, 4.69) is 57.7 Å². The van der Waals surface area contributed by atoms with Gasteiger partial charge in [0.25, 0.3) is 5.56 Å². The maximum atomic E-state index is 13.8. The average molecular weight is 580 g/mol. The van der Waals surface area contributed by atoms with E-state index in [1.807, 2.05) is 29.7 Å². The van der Waals surface area contributed by atoms with Crippen molar-refractivity contribution >= 4 is 50.4 Å². The van der Waals surface area contributed by atoms with E-state index in [0.29, 0.717) is 22.6 Å². The molecule has 0 N–H and O–H groups in total. The number of rotatable bonds is 5. The number of fused-ring (bicyclic) bond motifs is 3. The van der Waals surface area contributed by atoms with Crippen LogP contribution in [-0.2, 0) is 6.42 Å². The van der Waals surface area contributed by atoms with Gasteiger partial charge in [-0.25, -0.2) is 4.99 Å². The number of hydrogen-bond donors (Lipinski definition) is 0. The molecule has 1 aliphatic heterocycles. The van der Waals surface area contributed by atoms with Crippen LogP contribution in [0.15, 0.2) is 73.7 Å². The first kappa shape index (κ1) is 23.5. The van der Waals surface area contributed by atoms with Crippen LogP contribution in [0, 0.1) is 0 Å². The van der Waals surface area contributed by atoms with E-state index >= 15 is 0 Å². The quantitative estimate of drug-likeness (QED) is 0.312. The van der Waals surface area contributed by atoms with Crippen LogP contribution < -0.4 is 24.4 Å². The zero-order valence-electron chi connectivity index (χ0n) is 19.8. The lowest BCUT2D eigenvalue weighted by Gasteiger charge is -2.30. The van der Waals surface area contributed by atoms with Crippen molar-refractivity contribution in [2.75, 3.05) is 13.7 Å². The van der Waals surface area contributed by atoms with Gasteiger partial charge in [0.1, 0.15) is 0 Å². The SMILES string of the molecule is CCOc1c(Br)cc(/C=c2\sc3n(c2=O)[C@@H](c2cccs2)C2=C(N=3)c3ccccc3CC2)cc1OC. The molecule has 8 heteroatoms. The van der Waals surface area contributed by atoms with Crippen molar-refractivity contribution in [2.24, 2.45) is 4.99 Å². The molecule has 0 amide bonds. The summed E-state index contributed by atoms with van der Waals surface area (Å²) >= 11 is 6.71. The Balaban J connectivity index is 1.56. The van der Waals surface area contributed by atoms with Gasteiger partial charge >= 0.3 is 0 Å². The second-order valence-electron chi connectivity index (χ2n) is 8.60. The van der Waals surface area contributed by atoms with Gasteiger partial charge < -0.3 is 9.47 Å². The van der Waals surface area contributed by atoms with Crippen molar-refractivity contribution in [3.63, 3.8) is 0 Å². The lowest BCUT2D eigenvalue weighted by atomic mass is 9.85. The third-order valence-corrected chi connectivity index (χ3v) is 9.02. The normalized spacial score (nSPS) is 16.8. The highest BCUT2D eigenvalue weighted by molar-refractivity contribution is 9.10. The molecule has 0 unspecified atom stereocenters. The molecule has 6 rings (SSSR count). The molecule has 2 aromatic heterocycles. The Bertz CT molecular complexity index is 1680. The van der Waals surface area contributed by atoms with Crippen LogP contribution in [0.5, 0.6) is 11.5 Å². The van der Waals surface area contributed by atoms with Gasteiger partial charge in [-0.1, -0.05) is 41.7 Å². The van der Waals surface area contributed by atoms with E-state index in [-0.39, 0.29) is 11.6 Å². The van der Waals surface area contributed by atoms with E-state index in [1.54, 1.807) is 18.4 Å². The first-order chi connectivity index (χ1) is 17.6. The van der Waals surface area contributed by atoms with Crippen molar-refractivity contribution in [1.82, 2.24) is 4.57 Å². The number of methoxy groups -OCH3 is 1. The molecule has 36 heavy (non-hydrogen) atoms. The van der Waals surface area contributed by atoms with Crippen molar-refractivity contribution in [3.05, 3.63) is 105 Å². The molecule has 0 saturated carbocycles. The number of allylic oxidation sites excluding steroid dienone is 1. The molecule has 1 aliphatic carbocycles. The molecule has 182 valence electrons. The third kappa shape index (κ3) is 3.88. The number of aryl methyl sites for hydroxylation is 1. The van der Waals surface area contributed by atoms with Gasteiger partial charge in [0, 0.05) is 10.4 Å². The van der Waals surface area contributed by atoms with Crippen molar-refractivity contribution in [2.45, 2.75) is 25.8 Å². The molecule has 0 radical (unpaired) electrons. The highest BCUT2D eigenvalue weighted by Gasteiger charge is 2.33. The van der Waals surface area contributed by atoms with Crippen molar-refractivity contribution < 1.29 is 9.47 Å². The highest BCUT2D eigenvalue weighted by Crippen LogP contribution is 2.42. The highest BCUT2D eigenvalue weighted by atomic mass is 79.9. The lowest BCUT2D eigenvalue weighted by molar-refractivity contribution is 0.309. The van der Waals surface area contributed by atoms with E-state index in [9.17, 15) is 4.79 Å². The Kier molecular flexibility index (Phi) is 6.19. The Labute approximate surface area is 224 Å². The average Bonchev–Trinajstić information content (AvgIpc) is 3.53. The van der Waals surface area contributed by atoms with Gasteiger partial charge in [-0.15, -0.1) is 11.3 Å². The standard InChI is InChI=1S/C28H23BrN2O3S2/c1-3-34-26-20(29)13-16(14-21(26)33-2)15-23-27(32)31-25(22-9-6-12-35-22)19-11-10-17-7-4-5-8-18(17)24(19)30-28(31)36-23/h4-9,12-15,25H,3,10-11H2,1-2H3/b23-15-/t25-/m1/s1. The van der Waals surface area contributed by atoms with Gasteiger partial charge in [-0.2, -0.15) is 0 Å². The summed E-state index contributed by atoms with van der Waals surface area (Å²) in [4.78, 5) is 20.8. The number of ether oxygens (including phenoxy) is 2. The summed E-state index contributed by atoms with van der Waals surface area (Å²) < 4.78 is 14.6. The van der Waals surface area contributed by atoms with Crippen molar-refractivity contribution in [1.29, 1.82) is 0 Å². The number of thiazole rings is 1. The van der Waals surface area contributed by atoms with Crippen LogP contribution >= 0.6 is 38.6 Å². The smallest absolute Gasteiger partial charge is 0.271 e. The molecule has 0 bridgehead atoms. The molecule has 2 aromatic carbocycles. The molecule has 0 fully saturated rings. The summed E-state index contributed by atoms with van der Waals surface area (Å²) in [6.07, 6.45) is 3.76. The molecule has 4 aromatic rings. The van der Waals surface area contributed by atoms with E-state index in [1.165, 1.54) is 28.0 Å². The fraction of sp³-hybridized carbons (Fsp3) is 0.214. The maximum absolute atomic E-state index is 13.8. The molecule has 0 saturated heterocycles. The Morgan fingerprint density at radius 1 is 1.19 bits per heavy atom. The summed E-state index contributed by atoms with van der Waals surface area (Å²) in [6, 6.07) is 16.4. The molecule has 1 atom stereocenters. The van der Waals surface area contributed by atoms with E-state index in [0.717, 1.165) is 38.3 Å². The number of halogens is 1. The summed E-state index contributed by atoms with van der Waals surface area (Å²) in [6.45, 7) is 2.46. The molecular formula is C28H23BrN2O3S2. The first-order valence-corrected chi connectivity index (χ1v) is 14.2. The molecule has 3 heterocycles. The fourth-order valence-electron chi connectivity index (χ4n) is 4.98. The minimum absolute atomic E-state index is 0.0217. The predicted octanol–water partition coefficient (Wildman–Crippen LogP) is 5.55. The number of aromatic nitrogens is 1. The fourth-order valence-corrected chi connectivity index (χ4v) is 7.40. The van der Waals surface area contributed by atoms with Gasteiger partial charge in [-0.05, 0) is 82.1 Å². The van der Waals surface area contributed by atoms with Gasteiger partial charge in [0.05, 0.1) is 34.5 Å². The second kappa shape index (κ2) is 9.50. The summed E-state index contributed by atoms with van der Waals surface area (Å²) in [5, 5.41) is 2.08. The Hall–Kier alpha value is -2.94. The number of thiophene rings is 1. The largest absolute Gasteiger partial charge is 0.493 e. The monoisotopic (exact) mass is 578 g/mol. The minimum atomic E-state index is -0.131. The molecule has 0 spiro atoms. The van der Waals surface area contributed by atoms with Gasteiger partial charge in [0.15, 0.2) is 16.3 Å². The number of nitrogens with zero attached hydrogens (tertiary/aromatic N) is 2. The predicted molar refractivity (Wildman–Crippen MR) is 149 cm³/mol. The lowest BCUT2D eigenvalue weighted by Crippen LogP contribution is -2.38. The zero-order chi connectivity index (χ0) is 24.8. The van der Waals surface area contributed by atoms with Crippen LogP contribution in [0.3, 0.4) is 0 Å². The van der Waals surface area contributed by atoms with Crippen LogP contribution in [-0.4, -0.2) is 18.3 Å². The third-order valence-electron chi connectivity index (χ3n) is 6.52. The number of benzene rings is 2. The van der Waals surface area contributed by atoms with E-state index < -0.39 is 0 Å². The Morgan fingerprint density at radius 3 is 2.83 bits per heavy atom. The molecule has 2 aliphatic rings.